The molecule has 3 nitrogen and oxygen atoms in total. The van der Waals surface area contributed by atoms with E-state index in [1.807, 2.05) is 34.3 Å². The fourth-order valence-electron chi connectivity index (χ4n) is 2.04. The molecule has 0 bridgehead atoms. The van der Waals surface area contributed by atoms with Gasteiger partial charge in [0.05, 0.1) is 6.42 Å². The van der Waals surface area contributed by atoms with Crippen molar-refractivity contribution in [1.82, 2.24) is 5.32 Å². The van der Waals surface area contributed by atoms with Gasteiger partial charge in [-0.25, -0.2) is 0 Å². The van der Waals surface area contributed by atoms with Crippen molar-refractivity contribution in [2.24, 2.45) is 0 Å². The lowest BCUT2D eigenvalue weighted by molar-refractivity contribution is -0.120. The molecule has 2 N–H and O–H groups in total. The molecule has 1 amide bonds. The van der Waals surface area contributed by atoms with Gasteiger partial charge in [0.15, 0.2) is 0 Å². The molecule has 0 fully saturated rings. The summed E-state index contributed by atoms with van der Waals surface area (Å²) in [6.45, 7) is 0.243. The minimum Gasteiger partial charge on any atom is -0.386 e. The van der Waals surface area contributed by atoms with Crippen LogP contribution < -0.4 is 5.32 Å². The maximum absolute atomic E-state index is 11.8. The quantitative estimate of drug-likeness (QED) is 0.708. The Bertz CT molecular complexity index is 717. The highest BCUT2D eigenvalue weighted by Gasteiger charge is 2.13. The number of amides is 1. The Morgan fingerprint density at radius 1 is 1.14 bits per heavy atom. The maximum atomic E-state index is 11.8. The monoisotopic (exact) mass is 349 g/mol. The van der Waals surface area contributed by atoms with Crippen LogP contribution in [0.5, 0.6) is 0 Å². The van der Waals surface area contributed by atoms with Crippen LogP contribution in [-0.2, 0) is 11.2 Å². The van der Waals surface area contributed by atoms with Gasteiger partial charge < -0.3 is 10.4 Å². The molecule has 0 aliphatic heterocycles. The van der Waals surface area contributed by atoms with Gasteiger partial charge in [-0.1, -0.05) is 0 Å². The Balaban J connectivity index is 1.53. The second-order valence-corrected chi connectivity index (χ2v) is 7.52. The highest BCUT2D eigenvalue weighted by molar-refractivity contribution is 7.16. The van der Waals surface area contributed by atoms with Crippen LogP contribution in [0.15, 0.2) is 45.8 Å². The SMILES string of the molecule is O=C(Cc1ccsc1)NC[C@H](O)c1ccc(-c2ccsc2)s1. The molecule has 0 unspecified atom stereocenters. The molecule has 3 rings (SSSR count). The third-order valence-corrected chi connectivity index (χ3v) is 5.85. The standard InChI is InChI=1S/C16H15NO2S3/c18-13(8-17-16(19)7-11-3-5-20-9-11)15-2-1-14(22-15)12-4-6-21-10-12/h1-6,9-10,13,18H,7-8H2,(H,17,19)/t13-/m0/s1. The van der Waals surface area contributed by atoms with Crippen LogP contribution in [0.3, 0.4) is 0 Å². The zero-order valence-electron chi connectivity index (χ0n) is 11.7. The largest absolute Gasteiger partial charge is 0.386 e. The normalized spacial score (nSPS) is 12.2. The number of hydrogen-bond acceptors (Lipinski definition) is 5. The van der Waals surface area contributed by atoms with E-state index in [1.54, 1.807) is 34.0 Å². The number of nitrogens with one attached hydrogen (secondary N) is 1. The van der Waals surface area contributed by atoms with Crippen molar-refractivity contribution in [3.05, 3.63) is 56.2 Å². The molecular weight excluding hydrogens is 334 g/mol. The molecule has 3 aromatic heterocycles. The molecule has 3 heterocycles. The minimum absolute atomic E-state index is 0.0629. The van der Waals surface area contributed by atoms with E-state index in [1.165, 1.54) is 5.56 Å². The van der Waals surface area contributed by atoms with Gasteiger partial charge in [0, 0.05) is 21.9 Å². The first-order valence-corrected chi connectivity index (χ1v) is 9.51. The second-order valence-electron chi connectivity index (χ2n) is 4.84. The van der Waals surface area contributed by atoms with Gasteiger partial charge in [-0.15, -0.1) is 11.3 Å². The van der Waals surface area contributed by atoms with E-state index in [4.69, 9.17) is 0 Å². The molecule has 0 aliphatic carbocycles. The summed E-state index contributed by atoms with van der Waals surface area (Å²) in [7, 11) is 0. The first-order valence-electron chi connectivity index (χ1n) is 6.80. The zero-order chi connectivity index (χ0) is 15.4. The number of aliphatic hydroxyl groups excluding tert-OH is 1. The Morgan fingerprint density at radius 3 is 2.68 bits per heavy atom. The van der Waals surface area contributed by atoms with Crippen LogP contribution >= 0.6 is 34.0 Å². The van der Waals surface area contributed by atoms with Gasteiger partial charge in [-0.2, -0.15) is 22.7 Å². The molecule has 1 atom stereocenters. The summed E-state index contributed by atoms with van der Waals surface area (Å²) >= 11 is 4.80. The van der Waals surface area contributed by atoms with Gasteiger partial charge in [0.2, 0.25) is 5.91 Å². The molecule has 0 aromatic carbocycles. The number of rotatable bonds is 6. The maximum Gasteiger partial charge on any atom is 0.224 e. The van der Waals surface area contributed by atoms with Crippen molar-refractivity contribution < 1.29 is 9.90 Å². The summed E-state index contributed by atoms with van der Waals surface area (Å²) in [4.78, 5) is 13.8. The van der Waals surface area contributed by atoms with Crippen LogP contribution in [0.25, 0.3) is 10.4 Å². The molecular formula is C16H15NO2S3. The van der Waals surface area contributed by atoms with Crippen molar-refractivity contribution in [3.8, 4) is 10.4 Å². The Labute approximate surface area is 140 Å². The van der Waals surface area contributed by atoms with E-state index in [0.717, 1.165) is 15.3 Å². The number of thiophene rings is 3. The lowest BCUT2D eigenvalue weighted by atomic mass is 10.2. The molecule has 0 saturated heterocycles. The predicted molar refractivity (Wildman–Crippen MR) is 93.6 cm³/mol. The third-order valence-electron chi connectivity index (χ3n) is 3.20. The summed E-state index contributed by atoms with van der Waals surface area (Å²) < 4.78 is 0. The molecule has 0 spiro atoms. The van der Waals surface area contributed by atoms with Gasteiger partial charge in [-0.3, -0.25) is 4.79 Å². The summed E-state index contributed by atoms with van der Waals surface area (Å²) in [6, 6.07) is 7.94. The second kappa shape index (κ2) is 7.19. The lowest BCUT2D eigenvalue weighted by Crippen LogP contribution is -2.29. The van der Waals surface area contributed by atoms with Crippen molar-refractivity contribution in [2.75, 3.05) is 6.54 Å². The Hall–Kier alpha value is -1.47. The zero-order valence-corrected chi connectivity index (χ0v) is 14.1. The average molecular weight is 350 g/mol. The van der Waals surface area contributed by atoms with Crippen molar-refractivity contribution in [3.63, 3.8) is 0 Å². The third kappa shape index (κ3) is 3.84. The van der Waals surface area contributed by atoms with Crippen LogP contribution in [0, 0.1) is 0 Å². The molecule has 3 aromatic rings. The highest BCUT2D eigenvalue weighted by atomic mass is 32.1. The van der Waals surface area contributed by atoms with Crippen molar-refractivity contribution in [2.45, 2.75) is 12.5 Å². The molecule has 0 aliphatic rings. The van der Waals surface area contributed by atoms with E-state index in [0.29, 0.717) is 6.42 Å². The molecule has 0 saturated carbocycles. The Morgan fingerprint density at radius 2 is 1.95 bits per heavy atom. The fraction of sp³-hybridized carbons (Fsp3) is 0.188. The average Bonchev–Trinajstić information content (AvgIpc) is 3.23. The number of hydrogen-bond donors (Lipinski definition) is 2. The fourth-order valence-corrected chi connectivity index (χ4v) is 4.43. The predicted octanol–water partition coefficient (Wildman–Crippen LogP) is 3.93. The van der Waals surface area contributed by atoms with Crippen LogP contribution in [0.4, 0.5) is 0 Å². The highest BCUT2D eigenvalue weighted by Crippen LogP contribution is 2.32. The summed E-state index contributed by atoms with van der Waals surface area (Å²) in [5.74, 6) is -0.0629. The Kier molecular flexibility index (Phi) is 5.04. The van der Waals surface area contributed by atoms with E-state index in [2.05, 4.69) is 16.8 Å². The minimum atomic E-state index is -0.663. The summed E-state index contributed by atoms with van der Waals surface area (Å²) in [5.41, 5.74) is 2.18. The molecule has 0 radical (unpaired) electrons. The molecule has 6 heteroatoms. The van der Waals surface area contributed by atoms with Crippen LogP contribution in [0.1, 0.15) is 16.5 Å². The van der Waals surface area contributed by atoms with Crippen molar-refractivity contribution in [1.29, 1.82) is 0 Å². The lowest BCUT2D eigenvalue weighted by Gasteiger charge is -2.10. The first kappa shape index (κ1) is 15.4. The summed E-state index contributed by atoms with van der Waals surface area (Å²) in [6.07, 6.45) is -0.301. The van der Waals surface area contributed by atoms with E-state index in [-0.39, 0.29) is 12.5 Å². The van der Waals surface area contributed by atoms with E-state index in [9.17, 15) is 9.90 Å². The topological polar surface area (TPSA) is 49.3 Å². The van der Waals surface area contributed by atoms with Crippen LogP contribution in [0.2, 0.25) is 0 Å². The number of carbonyl (C=O) groups excluding carboxylic acids is 1. The molecule has 22 heavy (non-hydrogen) atoms. The van der Waals surface area contributed by atoms with E-state index >= 15 is 0 Å². The van der Waals surface area contributed by atoms with E-state index < -0.39 is 6.10 Å². The van der Waals surface area contributed by atoms with Gasteiger partial charge >= 0.3 is 0 Å². The van der Waals surface area contributed by atoms with Crippen LogP contribution in [-0.4, -0.2) is 17.6 Å². The van der Waals surface area contributed by atoms with Gasteiger partial charge in [0.25, 0.3) is 0 Å². The first-order chi connectivity index (χ1) is 10.7. The van der Waals surface area contributed by atoms with Gasteiger partial charge in [-0.05, 0) is 51.3 Å². The number of carbonyl (C=O) groups is 1. The molecule has 114 valence electrons. The van der Waals surface area contributed by atoms with Gasteiger partial charge in [0.1, 0.15) is 6.10 Å². The smallest absolute Gasteiger partial charge is 0.224 e. The summed E-state index contributed by atoms with van der Waals surface area (Å²) in [5, 5.41) is 21.0. The number of aliphatic hydroxyl groups is 1. The van der Waals surface area contributed by atoms with Crippen molar-refractivity contribution >= 4 is 39.9 Å².